The van der Waals surface area contributed by atoms with Crippen LogP contribution in [0.1, 0.15) is 35.8 Å². The predicted octanol–water partition coefficient (Wildman–Crippen LogP) is 4.61. The maximum atomic E-state index is 13.0. The molecule has 156 valence electrons. The van der Waals surface area contributed by atoms with Gasteiger partial charge in [0.05, 0.1) is 23.0 Å². The normalized spacial score (nSPS) is 11.0. The monoisotopic (exact) mass is 436 g/mol. The van der Waals surface area contributed by atoms with Crippen LogP contribution in [0.5, 0.6) is 0 Å². The third-order valence-corrected chi connectivity index (χ3v) is 5.18. The Morgan fingerprint density at radius 2 is 1.76 bits per heavy atom. The van der Waals surface area contributed by atoms with E-state index in [1.807, 2.05) is 29.5 Å². The first kappa shape index (κ1) is 23.0. The zero-order chi connectivity index (χ0) is 19.0. The van der Waals surface area contributed by atoms with E-state index in [1.54, 1.807) is 12.1 Å². The van der Waals surface area contributed by atoms with Gasteiger partial charge in [0.1, 0.15) is 5.69 Å². The number of benzene rings is 1. The highest BCUT2D eigenvalue weighted by molar-refractivity contribution is 6.08. The van der Waals surface area contributed by atoms with E-state index in [2.05, 4.69) is 29.4 Å². The van der Waals surface area contributed by atoms with Gasteiger partial charge < -0.3 is 13.9 Å². The van der Waals surface area contributed by atoms with E-state index in [1.165, 1.54) is 6.26 Å². The fourth-order valence-corrected chi connectivity index (χ4v) is 3.71. The molecule has 1 aromatic carbocycles. The summed E-state index contributed by atoms with van der Waals surface area (Å²) in [6.45, 7) is 10.0. The minimum absolute atomic E-state index is 0. The summed E-state index contributed by atoms with van der Waals surface area (Å²) >= 11 is 0. The van der Waals surface area contributed by atoms with Gasteiger partial charge in [-0.15, -0.1) is 24.8 Å². The Morgan fingerprint density at radius 3 is 2.38 bits per heavy atom. The van der Waals surface area contributed by atoms with Gasteiger partial charge in [-0.1, -0.05) is 26.0 Å². The molecule has 0 amide bonds. The van der Waals surface area contributed by atoms with Crippen LogP contribution >= 0.6 is 24.8 Å². The molecule has 0 fully saturated rings. The van der Waals surface area contributed by atoms with Gasteiger partial charge in [0.15, 0.2) is 5.76 Å². The molecule has 0 saturated heterocycles. The van der Waals surface area contributed by atoms with E-state index >= 15 is 0 Å². The molecule has 0 aliphatic carbocycles. The number of aromatic nitrogens is 3. The third-order valence-electron chi connectivity index (χ3n) is 5.18. The number of carbonyl (C=O) groups is 1. The minimum Gasteiger partial charge on any atom is -0.461 e. The van der Waals surface area contributed by atoms with Crippen LogP contribution in [0.15, 0.2) is 47.1 Å². The van der Waals surface area contributed by atoms with Gasteiger partial charge in [0.25, 0.3) is 0 Å². The Hall–Kier alpha value is -2.28. The van der Waals surface area contributed by atoms with Crippen LogP contribution in [0.3, 0.4) is 0 Å². The Kier molecular flexibility index (Phi) is 7.52. The molecule has 4 rings (SSSR count). The van der Waals surface area contributed by atoms with E-state index in [-0.39, 0.29) is 30.6 Å². The highest BCUT2D eigenvalue weighted by Gasteiger charge is 2.25. The van der Waals surface area contributed by atoms with Crippen molar-refractivity contribution in [2.75, 3.05) is 19.6 Å². The highest BCUT2D eigenvalue weighted by Crippen LogP contribution is 2.26. The van der Waals surface area contributed by atoms with Gasteiger partial charge in [-0.25, -0.2) is 4.98 Å². The molecule has 3 heterocycles. The van der Waals surface area contributed by atoms with Crippen LogP contribution < -0.4 is 0 Å². The molecular formula is C21H26Cl2N4O2. The number of fused-ring (bicyclic) bond motifs is 3. The van der Waals surface area contributed by atoms with Crippen molar-refractivity contribution in [1.29, 1.82) is 0 Å². The standard InChI is InChI=1S/C21H24N4O2.2ClH/c1-4-23(5-2)12-13-24-16-9-6-7-10-17(16)25-19(15(3)22-21(24)25)20(26)18-11-8-14-27-18;;/h6-11,14H,4-5,12-13H2,1-3H3;2*1H. The molecule has 8 heteroatoms. The summed E-state index contributed by atoms with van der Waals surface area (Å²) in [5.41, 5.74) is 3.36. The topological polar surface area (TPSA) is 55.7 Å². The molecule has 0 atom stereocenters. The van der Waals surface area contributed by atoms with Crippen LogP contribution in [0.2, 0.25) is 0 Å². The summed E-state index contributed by atoms with van der Waals surface area (Å²) in [6.07, 6.45) is 1.52. The fourth-order valence-electron chi connectivity index (χ4n) is 3.71. The molecule has 0 spiro atoms. The lowest BCUT2D eigenvalue weighted by atomic mass is 10.2. The van der Waals surface area contributed by atoms with Crippen molar-refractivity contribution in [2.45, 2.75) is 27.3 Å². The van der Waals surface area contributed by atoms with Crippen molar-refractivity contribution >= 4 is 47.4 Å². The summed E-state index contributed by atoms with van der Waals surface area (Å²) < 4.78 is 9.52. The largest absolute Gasteiger partial charge is 0.461 e. The number of likely N-dealkylation sites (N-methyl/N-ethyl adjacent to an activating group) is 1. The molecular weight excluding hydrogens is 411 g/mol. The summed E-state index contributed by atoms with van der Waals surface area (Å²) in [5, 5.41) is 0. The lowest BCUT2D eigenvalue weighted by molar-refractivity contribution is 0.100. The minimum atomic E-state index is -0.142. The first-order chi connectivity index (χ1) is 13.2. The van der Waals surface area contributed by atoms with Crippen molar-refractivity contribution in [1.82, 2.24) is 18.9 Å². The lowest BCUT2D eigenvalue weighted by Crippen LogP contribution is -2.27. The SMILES string of the molecule is CCN(CC)CCn1c2ccccc2n2c(C(=O)c3ccco3)c(C)nc12.Cl.Cl. The van der Waals surface area contributed by atoms with Crippen molar-refractivity contribution < 1.29 is 9.21 Å². The number of rotatable bonds is 7. The predicted molar refractivity (Wildman–Crippen MR) is 120 cm³/mol. The van der Waals surface area contributed by atoms with Gasteiger partial charge in [-0.2, -0.15) is 0 Å². The van der Waals surface area contributed by atoms with Crippen LogP contribution in [0, 0.1) is 6.92 Å². The van der Waals surface area contributed by atoms with Crippen molar-refractivity contribution in [3.8, 4) is 0 Å². The number of carbonyl (C=O) groups excluding carboxylic acids is 1. The maximum absolute atomic E-state index is 13.0. The molecule has 3 aromatic heterocycles. The van der Waals surface area contributed by atoms with E-state index < -0.39 is 0 Å². The van der Waals surface area contributed by atoms with Crippen LogP contribution in [-0.2, 0) is 6.54 Å². The van der Waals surface area contributed by atoms with Crippen molar-refractivity contribution in [2.24, 2.45) is 0 Å². The molecule has 29 heavy (non-hydrogen) atoms. The summed E-state index contributed by atoms with van der Waals surface area (Å²) in [5.74, 6) is 0.993. The average Bonchev–Trinajstić information content (AvgIpc) is 3.38. The van der Waals surface area contributed by atoms with Gasteiger partial charge in [-0.05, 0) is 44.3 Å². The first-order valence-corrected chi connectivity index (χ1v) is 9.42. The zero-order valence-electron chi connectivity index (χ0n) is 16.8. The van der Waals surface area contributed by atoms with Gasteiger partial charge in [-0.3, -0.25) is 9.20 Å². The zero-order valence-corrected chi connectivity index (χ0v) is 18.4. The smallest absolute Gasteiger partial charge is 0.246 e. The third kappa shape index (κ3) is 3.92. The quantitative estimate of drug-likeness (QED) is 0.397. The second-order valence-corrected chi connectivity index (χ2v) is 6.65. The number of furan rings is 1. The molecule has 6 nitrogen and oxygen atoms in total. The molecule has 4 aromatic rings. The van der Waals surface area contributed by atoms with Crippen LogP contribution in [0.4, 0.5) is 0 Å². The molecule has 0 bridgehead atoms. The molecule has 0 aliphatic rings. The van der Waals surface area contributed by atoms with E-state index in [0.717, 1.165) is 43.0 Å². The van der Waals surface area contributed by atoms with Gasteiger partial charge in [0, 0.05) is 13.1 Å². The molecule has 0 saturated carbocycles. The van der Waals surface area contributed by atoms with Crippen LogP contribution in [0.25, 0.3) is 16.8 Å². The van der Waals surface area contributed by atoms with Gasteiger partial charge in [0.2, 0.25) is 11.6 Å². The fraction of sp³-hybridized carbons (Fsp3) is 0.333. The first-order valence-electron chi connectivity index (χ1n) is 9.42. The summed E-state index contributed by atoms with van der Waals surface area (Å²) in [7, 11) is 0. The molecule has 0 unspecified atom stereocenters. The molecule has 0 radical (unpaired) electrons. The van der Waals surface area contributed by atoms with Gasteiger partial charge >= 0.3 is 0 Å². The Bertz CT molecular complexity index is 1100. The Morgan fingerprint density at radius 1 is 1.07 bits per heavy atom. The number of hydrogen-bond donors (Lipinski definition) is 0. The maximum Gasteiger partial charge on any atom is 0.246 e. The number of hydrogen-bond acceptors (Lipinski definition) is 4. The van der Waals surface area contributed by atoms with Crippen molar-refractivity contribution in [3.05, 3.63) is 59.8 Å². The van der Waals surface area contributed by atoms with Crippen molar-refractivity contribution in [3.63, 3.8) is 0 Å². The van der Waals surface area contributed by atoms with E-state index in [4.69, 9.17) is 9.40 Å². The lowest BCUT2D eigenvalue weighted by Gasteiger charge is -2.18. The second-order valence-electron chi connectivity index (χ2n) is 6.65. The number of para-hydroxylation sites is 2. The number of aryl methyl sites for hydroxylation is 1. The summed E-state index contributed by atoms with van der Waals surface area (Å²) in [4.78, 5) is 20.2. The summed E-state index contributed by atoms with van der Waals surface area (Å²) in [6, 6.07) is 11.6. The number of imidazole rings is 2. The Labute approximate surface area is 182 Å². The average molecular weight is 437 g/mol. The number of halogens is 2. The highest BCUT2D eigenvalue weighted by atomic mass is 35.5. The molecule has 0 N–H and O–H groups in total. The van der Waals surface area contributed by atoms with E-state index in [0.29, 0.717) is 17.1 Å². The number of ketones is 1. The second kappa shape index (κ2) is 9.48. The molecule has 0 aliphatic heterocycles. The Balaban J connectivity index is 0.00000150. The van der Waals surface area contributed by atoms with E-state index in [9.17, 15) is 4.79 Å². The number of nitrogens with zero attached hydrogens (tertiary/aromatic N) is 4. The van der Waals surface area contributed by atoms with Crippen LogP contribution in [-0.4, -0.2) is 44.3 Å².